The summed E-state index contributed by atoms with van der Waals surface area (Å²) in [6, 6.07) is 19.9. The van der Waals surface area contributed by atoms with E-state index in [2.05, 4.69) is 36.4 Å². The molecule has 0 bridgehead atoms. The Labute approximate surface area is 233 Å². The molecule has 4 aromatic rings. The zero-order valence-corrected chi connectivity index (χ0v) is 22.6. The number of ether oxygens (including phenoxy) is 2. The lowest BCUT2D eigenvalue weighted by molar-refractivity contribution is -0.384. The summed E-state index contributed by atoms with van der Waals surface area (Å²) in [7, 11) is 0. The van der Waals surface area contributed by atoms with E-state index in [0.29, 0.717) is 23.8 Å². The second-order valence-corrected chi connectivity index (χ2v) is 10.4. The summed E-state index contributed by atoms with van der Waals surface area (Å²) in [5.74, 6) is -0.107. The molecule has 0 atom stereocenters. The first-order valence-corrected chi connectivity index (χ1v) is 14.0. The van der Waals surface area contributed by atoms with Crippen molar-refractivity contribution in [1.29, 1.82) is 0 Å². The van der Waals surface area contributed by atoms with Crippen LogP contribution in [0.5, 0.6) is 5.75 Å². The normalized spacial score (nSPS) is 14.2. The van der Waals surface area contributed by atoms with Gasteiger partial charge >= 0.3 is 11.7 Å². The van der Waals surface area contributed by atoms with Crippen molar-refractivity contribution in [3.8, 4) is 16.9 Å². The van der Waals surface area contributed by atoms with Gasteiger partial charge < -0.3 is 9.47 Å². The highest BCUT2D eigenvalue weighted by Gasteiger charge is 2.26. The van der Waals surface area contributed by atoms with Crippen LogP contribution in [0.3, 0.4) is 0 Å². The largest absolute Gasteiger partial charge is 0.483 e. The molecule has 40 heavy (non-hydrogen) atoms. The van der Waals surface area contributed by atoms with Gasteiger partial charge in [0.05, 0.1) is 10.3 Å². The zero-order valence-electron chi connectivity index (χ0n) is 22.6. The molecule has 0 fully saturated rings. The number of esters is 1. The minimum atomic E-state index is -0.378. The van der Waals surface area contributed by atoms with Gasteiger partial charge in [-0.15, -0.1) is 0 Å². The van der Waals surface area contributed by atoms with Gasteiger partial charge in [0.25, 0.3) is 0 Å². The summed E-state index contributed by atoms with van der Waals surface area (Å²) in [5.41, 5.74) is 6.92. The third-order valence-electron chi connectivity index (χ3n) is 7.89. The molecule has 4 aromatic carbocycles. The van der Waals surface area contributed by atoms with Crippen molar-refractivity contribution in [2.45, 2.75) is 45.4 Å². The van der Waals surface area contributed by atoms with Gasteiger partial charge in [-0.05, 0) is 88.7 Å². The van der Waals surface area contributed by atoms with Crippen LogP contribution in [0.1, 0.15) is 50.2 Å². The lowest BCUT2D eigenvalue weighted by atomic mass is 9.79. The van der Waals surface area contributed by atoms with Gasteiger partial charge in [-0.2, -0.15) is 0 Å². The van der Waals surface area contributed by atoms with Crippen LogP contribution in [-0.4, -0.2) is 24.1 Å². The van der Waals surface area contributed by atoms with E-state index < -0.39 is 0 Å². The third-order valence-corrected chi connectivity index (χ3v) is 7.89. The van der Waals surface area contributed by atoms with Crippen LogP contribution < -0.4 is 4.74 Å². The maximum Gasteiger partial charge on any atom is 0.319 e. The minimum Gasteiger partial charge on any atom is -0.483 e. The molecule has 0 unspecified atom stereocenters. The van der Waals surface area contributed by atoms with Crippen molar-refractivity contribution < 1.29 is 19.2 Å². The number of allylic oxidation sites excluding steroid dienone is 4. The third kappa shape index (κ3) is 4.75. The topological polar surface area (TPSA) is 78.7 Å². The van der Waals surface area contributed by atoms with Gasteiger partial charge in [-0.1, -0.05) is 67.1 Å². The molecule has 202 valence electrons. The predicted octanol–water partition coefficient (Wildman–Crippen LogP) is 8.34. The van der Waals surface area contributed by atoms with Gasteiger partial charge in [0.15, 0.2) is 0 Å². The van der Waals surface area contributed by atoms with Crippen LogP contribution in [0, 0.1) is 10.1 Å². The number of nitro groups is 1. The summed E-state index contributed by atoms with van der Waals surface area (Å²) in [4.78, 5) is 23.9. The highest BCUT2D eigenvalue weighted by molar-refractivity contribution is 6.02. The molecule has 0 N–H and O–H groups in total. The number of carbonyl (C=O) groups excluding carboxylic acids is 1. The molecular weight excluding hydrogens is 502 g/mol. The maximum atomic E-state index is 12.4. The summed E-state index contributed by atoms with van der Waals surface area (Å²) >= 11 is 0. The lowest BCUT2D eigenvalue weighted by Gasteiger charge is -2.25. The highest BCUT2D eigenvalue weighted by atomic mass is 16.6. The minimum absolute atomic E-state index is 0.0217. The fraction of sp³-hybridized carbons (Fsp3) is 0.265. The molecule has 0 saturated carbocycles. The first kappa shape index (κ1) is 25.8. The van der Waals surface area contributed by atoms with Crippen molar-refractivity contribution >= 4 is 38.8 Å². The van der Waals surface area contributed by atoms with Crippen LogP contribution in [0.25, 0.3) is 38.2 Å². The van der Waals surface area contributed by atoms with Crippen LogP contribution >= 0.6 is 0 Å². The average molecular weight is 534 g/mol. The molecule has 2 aliphatic rings. The van der Waals surface area contributed by atoms with E-state index in [-0.39, 0.29) is 35.5 Å². The number of rotatable bonds is 8. The summed E-state index contributed by atoms with van der Waals surface area (Å²) < 4.78 is 11.3. The zero-order chi connectivity index (χ0) is 27.6. The number of nitro benzene ring substituents is 1. The number of hydrogen-bond acceptors (Lipinski definition) is 5. The first-order chi connectivity index (χ1) is 19.5. The molecule has 0 saturated heterocycles. The predicted molar refractivity (Wildman–Crippen MR) is 159 cm³/mol. The smallest absolute Gasteiger partial charge is 0.319 e. The second-order valence-electron chi connectivity index (χ2n) is 10.4. The molecule has 0 radical (unpaired) electrons. The molecule has 6 rings (SSSR count). The second kappa shape index (κ2) is 11.0. The Morgan fingerprint density at radius 2 is 1.77 bits per heavy atom. The van der Waals surface area contributed by atoms with E-state index in [1.165, 1.54) is 22.3 Å². The van der Waals surface area contributed by atoms with E-state index >= 15 is 0 Å². The fourth-order valence-electron chi connectivity index (χ4n) is 6.02. The molecule has 0 amide bonds. The molecule has 0 aromatic heterocycles. The van der Waals surface area contributed by atoms with Crippen molar-refractivity contribution in [2.24, 2.45) is 0 Å². The Morgan fingerprint density at radius 1 is 0.925 bits per heavy atom. The van der Waals surface area contributed by atoms with Crippen LogP contribution in [0.15, 0.2) is 78.4 Å². The number of benzene rings is 4. The van der Waals surface area contributed by atoms with Gasteiger partial charge in [0.2, 0.25) is 5.75 Å². The van der Waals surface area contributed by atoms with E-state index in [1.807, 2.05) is 31.2 Å². The Kier molecular flexibility index (Phi) is 7.08. The van der Waals surface area contributed by atoms with Gasteiger partial charge in [0.1, 0.15) is 13.2 Å². The van der Waals surface area contributed by atoms with Gasteiger partial charge in [-0.3, -0.25) is 14.9 Å². The first-order valence-electron chi connectivity index (χ1n) is 14.0. The molecule has 0 heterocycles. The Hall–Kier alpha value is -4.45. The highest BCUT2D eigenvalue weighted by Crippen LogP contribution is 2.45. The van der Waals surface area contributed by atoms with E-state index in [9.17, 15) is 14.9 Å². The summed E-state index contributed by atoms with van der Waals surface area (Å²) in [6.07, 6.45) is 9.81. The van der Waals surface area contributed by atoms with Crippen molar-refractivity contribution in [2.75, 3.05) is 13.2 Å². The molecule has 0 spiro atoms. The monoisotopic (exact) mass is 533 g/mol. The molecule has 2 aliphatic carbocycles. The summed E-state index contributed by atoms with van der Waals surface area (Å²) in [5, 5.41) is 16.0. The van der Waals surface area contributed by atoms with E-state index in [4.69, 9.17) is 9.47 Å². The van der Waals surface area contributed by atoms with Gasteiger partial charge in [0, 0.05) is 12.0 Å². The van der Waals surface area contributed by atoms with E-state index in [1.54, 1.807) is 12.1 Å². The van der Waals surface area contributed by atoms with Crippen molar-refractivity contribution in [3.63, 3.8) is 0 Å². The molecule has 6 heteroatoms. The Balaban J connectivity index is 1.47. The van der Waals surface area contributed by atoms with Crippen LogP contribution in [-0.2, 0) is 16.0 Å². The summed E-state index contributed by atoms with van der Waals surface area (Å²) in [6.45, 7) is 1.96. The van der Waals surface area contributed by atoms with Crippen LogP contribution in [0.4, 0.5) is 5.69 Å². The van der Waals surface area contributed by atoms with Crippen molar-refractivity contribution in [1.82, 2.24) is 0 Å². The van der Waals surface area contributed by atoms with Crippen LogP contribution in [0.2, 0.25) is 0 Å². The quantitative estimate of drug-likeness (QED) is 0.0984. The van der Waals surface area contributed by atoms with E-state index in [0.717, 1.165) is 47.4 Å². The number of nitrogens with zero attached hydrogens (tertiary/aromatic N) is 1. The van der Waals surface area contributed by atoms with Gasteiger partial charge in [-0.25, -0.2) is 0 Å². The molecule has 6 nitrogen and oxygen atoms in total. The Bertz CT molecular complexity index is 1720. The number of fused-ring (bicyclic) bond motifs is 5. The Morgan fingerprint density at radius 3 is 2.62 bits per heavy atom. The SMILES string of the molecule is CCCC(=O)OCCOc1c(-c2ccc3ccc4c(c3c2)CCC2=C4C=CCC2)cc2ccccc2c1[N+](=O)[O-]. The lowest BCUT2D eigenvalue weighted by Crippen LogP contribution is -2.13. The number of carbonyl (C=O) groups is 1. The maximum absolute atomic E-state index is 12.4. The van der Waals surface area contributed by atoms with Crippen molar-refractivity contribution in [3.05, 3.63) is 99.6 Å². The fourth-order valence-corrected chi connectivity index (χ4v) is 6.02. The average Bonchev–Trinajstić information content (AvgIpc) is 2.98. The molecular formula is C34H31NO5. The molecule has 0 aliphatic heterocycles. The number of hydrogen-bond donors (Lipinski definition) is 0. The number of aryl methyl sites for hydroxylation is 1. The standard InChI is InChI=1S/C34H31NO5/c1-2-7-32(36)39-18-19-40-34-31(21-24-9-4-6-11-27(24)33(34)35(37)38)25-13-12-23-15-16-28-26-10-5-3-8-22(26)14-17-29(28)30(23)20-25/h4-6,9-13,15-16,20-21H,2-3,7-8,14,17-19H2,1H3.